The summed E-state index contributed by atoms with van der Waals surface area (Å²) < 4.78 is 11.2. The number of ketones is 1. The van der Waals surface area contributed by atoms with E-state index in [2.05, 4.69) is 5.32 Å². The monoisotopic (exact) mass is 371 g/mol. The fraction of sp³-hybridized carbons (Fsp3) is 0.300. The first-order valence-electron chi connectivity index (χ1n) is 8.44. The highest BCUT2D eigenvalue weighted by molar-refractivity contribution is 6.08. The molecule has 3 rings (SSSR count). The molecule has 27 heavy (non-hydrogen) atoms. The SMILES string of the molecule is CO[C@@]1(C(=O)c2ccccc2)NC(=O)[C@@](O)(CO)[C@H]1OCc1ccccc1. The standard InChI is InChI=1S/C20H21NO6/c1-26-20(16(23)15-10-6-3-7-11-15)17(19(25,13-22)18(24)21-20)27-12-14-8-4-2-5-9-14/h2-11,17,22,25H,12-13H2,1H3,(H,21,24)/t17-,19-,20-/m1/s1. The van der Waals surface area contributed by atoms with Crippen LogP contribution in [0.1, 0.15) is 15.9 Å². The molecule has 0 aromatic heterocycles. The maximum atomic E-state index is 13.2. The summed E-state index contributed by atoms with van der Waals surface area (Å²) in [7, 11) is 1.24. The molecule has 1 fully saturated rings. The smallest absolute Gasteiger partial charge is 0.260 e. The number of methoxy groups -OCH3 is 1. The minimum atomic E-state index is -2.32. The molecule has 3 atom stereocenters. The molecule has 0 unspecified atom stereocenters. The Kier molecular flexibility index (Phi) is 5.38. The molecule has 1 saturated heterocycles. The van der Waals surface area contributed by atoms with Gasteiger partial charge < -0.3 is 25.0 Å². The van der Waals surface area contributed by atoms with Crippen LogP contribution in [0.5, 0.6) is 0 Å². The van der Waals surface area contributed by atoms with E-state index in [-0.39, 0.29) is 12.2 Å². The Morgan fingerprint density at radius 1 is 1.11 bits per heavy atom. The Hall–Kier alpha value is -2.58. The maximum Gasteiger partial charge on any atom is 0.260 e. The van der Waals surface area contributed by atoms with Crippen LogP contribution in [0, 0.1) is 0 Å². The van der Waals surface area contributed by atoms with Gasteiger partial charge in [-0.05, 0) is 5.56 Å². The quantitative estimate of drug-likeness (QED) is 0.618. The molecule has 2 aromatic carbocycles. The predicted octanol–water partition coefficient (Wildman–Crippen LogP) is 0.651. The average molecular weight is 371 g/mol. The van der Waals surface area contributed by atoms with Gasteiger partial charge >= 0.3 is 0 Å². The third kappa shape index (κ3) is 3.26. The molecule has 1 heterocycles. The Balaban J connectivity index is 1.99. The fourth-order valence-electron chi connectivity index (χ4n) is 3.19. The number of hydrogen-bond acceptors (Lipinski definition) is 6. The van der Waals surface area contributed by atoms with Crippen molar-refractivity contribution in [3.63, 3.8) is 0 Å². The number of carbonyl (C=O) groups excluding carboxylic acids is 2. The molecule has 0 radical (unpaired) electrons. The van der Waals surface area contributed by atoms with Gasteiger partial charge in [0.1, 0.15) is 0 Å². The van der Waals surface area contributed by atoms with E-state index < -0.39 is 35.7 Å². The van der Waals surface area contributed by atoms with Crippen molar-refractivity contribution in [1.82, 2.24) is 5.32 Å². The minimum Gasteiger partial charge on any atom is -0.393 e. The highest BCUT2D eigenvalue weighted by atomic mass is 16.6. The van der Waals surface area contributed by atoms with Gasteiger partial charge in [0.15, 0.2) is 11.7 Å². The van der Waals surface area contributed by atoms with Crippen molar-refractivity contribution >= 4 is 11.7 Å². The Morgan fingerprint density at radius 2 is 1.70 bits per heavy atom. The third-order valence-corrected chi connectivity index (χ3v) is 4.69. The number of amides is 1. The summed E-state index contributed by atoms with van der Waals surface area (Å²) in [6.45, 7) is -0.915. The first-order chi connectivity index (χ1) is 13.0. The van der Waals surface area contributed by atoms with Gasteiger partial charge in [0.25, 0.3) is 5.91 Å². The van der Waals surface area contributed by atoms with Gasteiger partial charge in [-0.2, -0.15) is 0 Å². The second-order valence-electron chi connectivity index (χ2n) is 6.35. The largest absolute Gasteiger partial charge is 0.393 e. The Morgan fingerprint density at radius 3 is 2.26 bits per heavy atom. The number of Topliss-reactive ketones (excluding diaryl/α,β-unsaturated/α-hetero) is 1. The van der Waals surface area contributed by atoms with Crippen LogP contribution < -0.4 is 5.32 Å². The summed E-state index contributed by atoms with van der Waals surface area (Å²) in [5.41, 5.74) is -3.25. The lowest BCUT2D eigenvalue weighted by atomic mass is 9.89. The van der Waals surface area contributed by atoms with E-state index in [9.17, 15) is 19.8 Å². The van der Waals surface area contributed by atoms with Gasteiger partial charge in [-0.15, -0.1) is 0 Å². The molecular formula is C20H21NO6. The third-order valence-electron chi connectivity index (χ3n) is 4.69. The molecule has 0 spiro atoms. The van der Waals surface area contributed by atoms with Gasteiger partial charge in [0.05, 0.1) is 13.2 Å². The van der Waals surface area contributed by atoms with Gasteiger partial charge in [0, 0.05) is 12.7 Å². The van der Waals surface area contributed by atoms with Crippen molar-refractivity contribution in [2.75, 3.05) is 13.7 Å². The van der Waals surface area contributed by atoms with E-state index >= 15 is 0 Å². The summed E-state index contributed by atoms with van der Waals surface area (Å²) >= 11 is 0. The van der Waals surface area contributed by atoms with Gasteiger partial charge in [-0.1, -0.05) is 60.7 Å². The number of aliphatic hydroxyl groups is 2. The van der Waals surface area contributed by atoms with Crippen LogP contribution in [0.2, 0.25) is 0 Å². The van der Waals surface area contributed by atoms with Crippen molar-refractivity contribution < 1.29 is 29.3 Å². The van der Waals surface area contributed by atoms with Crippen molar-refractivity contribution in [2.24, 2.45) is 0 Å². The molecular weight excluding hydrogens is 350 g/mol. The first-order valence-corrected chi connectivity index (χ1v) is 8.44. The second kappa shape index (κ2) is 7.58. The molecule has 7 nitrogen and oxygen atoms in total. The fourth-order valence-corrected chi connectivity index (χ4v) is 3.19. The Labute approximate surface area is 156 Å². The van der Waals surface area contributed by atoms with Crippen molar-refractivity contribution in [2.45, 2.75) is 24.0 Å². The molecule has 1 aliphatic heterocycles. The molecule has 0 bridgehead atoms. The van der Waals surface area contributed by atoms with E-state index in [1.165, 1.54) is 7.11 Å². The van der Waals surface area contributed by atoms with Crippen LogP contribution in [0.25, 0.3) is 0 Å². The molecule has 142 valence electrons. The van der Waals surface area contributed by atoms with Crippen molar-refractivity contribution in [1.29, 1.82) is 0 Å². The van der Waals surface area contributed by atoms with Crippen molar-refractivity contribution in [3.8, 4) is 0 Å². The molecule has 1 aliphatic rings. The van der Waals surface area contributed by atoms with E-state index in [1.54, 1.807) is 42.5 Å². The highest BCUT2D eigenvalue weighted by Crippen LogP contribution is 2.36. The number of carbonyl (C=O) groups is 2. The molecule has 0 saturated carbocycles. The zero-order valence-electron chi connectivity index (χ0n) is 14.8. The van der Waals surface area contributed by atoms with E-state index in [1.807, 2.05) is 18.2 Å². The van der Waals surface area contributed by atoms with Crippen LogP contribution in [0.4, 0.5) is 0 Å². The number of nitrogens with one attached hydrogen (secondary N) is 1. The maximum absolute atomic E-state index is 13.2. The molecule has 7 heteroatoms. The lowest BCUT2D eigenvalue weighted by molar-refractivity contribution is -0.177. The second-order valence-corrected chi connectivity index (χ2v) is 6.35. The van der Waals surface area contributed by atoms with Gasteiger partial charge in [-0.3, -0.25) is 9.59 Å². The summed E-state index contributed by atoms with van der Waals surface area (Å²) in [6.07, 6.45) is -1.46. The lowest BCUT2D eigenvalue weighted by Crippen LogP contribution is -2.61. The van der Waals surface area contributed by atoms with Crippen LogP contribution in [0.15, 0.2) is 60.7 Å². The molecule has 3 N–H and O–H groups in total. The summed E-state index contributed by atoms with van der Waals surface area (Å²) in [5.74, 6) is -1.52. The van der Waals surface area contributed by atoms with Gasteiger partial charge in [-0.25, -0.2) is 0 Å². The predicted molar refractivity (Wildman–Crippen MR) is 95.7 cm³/mol. The number of benzene rings is 2. The summed E-state index contributed by atoms with van der Waals surface area (Å²) in [4.78, 5) is 25.6. The number of aliphatic hydroxyl groups excluding tert-OH is 1. The average Bonchev–Trinajstić information content (AvgIpc) is 2.95. The van der Waals surface area contributed by atoms with Crippen LogP contribution >= 0.6 is 0 Å². The normalized spacial score (nSPS) is 27.4. The van der Waals surface area contributed by atoms with Crippen molar-refractivity contribution in [3.05, 3.63) is 71.8 Å². The van der Waals surface area contributed by atoms with Crippen LogP contribution in [-0.4, -0.2) is 53.1 Å². The topological polar surface area (TPSA) is 105 Å². The van der Waals surface area contributed by atoms with Gasteiger partial charge in [0.2, 0.25) is 11.5 Å². The number of ether oxygens (including phenoxy) is 2. The lowest BCUT2D eigenvalue weighted by Gasteiger charge is -2.35. The minimum absolute atomic E-state index is 0.00988. The number of hydrogen-bond donors (Lipinski definition) is 3. The van der Waals surface area contributed by atoms with E-state index in [0.717, 1.165) is 5.56 Å². The van der Waals surface area contributed by atoms with E-state index in [4.69, 9.17) is 9.47 Å². The highest BCUT2D eigenvalue weighted by Gasteiger charge is 2.67. The zero-order valence-corrected chi connectivity index (χ0v) is 14.8. The molecule has 1 amide bonds. The first kappa shape index (κ1) is 19.2. The van der Waals surface area contributed by atoms with Crippen LogP contribution in [0.3, 0.4) is 0 Å². The molecule has 0 aliphatic carbocycles. The number of rotatable bonds is 7. The molecule has 2 aromatic rings. The zero-order chi connectivity index (χ0) is 19.5. The summed E-state index contributed by atoms with van der Waals surface area (Å²) in [6, 6.07) is 17.3. The Bertz CT molecular complexity index is 812. The van der Waals surface area contributed by atoms with Crippen LogP contribution in [-0.2, 0) is 20.9 Å². The van der Waals surface area contributed by atoms with E-state index in [0.29, 0.717) is 0 Å². The summed E-state index contributed by atoms with van der Waals surface area (Å²) in [5, 5.41) is 22.8.